The Bertz CT molecular complexity index is 518. The Balaban J connectivity index is 2.28. The molecule has 1 fully saturated rings. The summed E-state index contributed by atoms with van der Waals surface area (Å²) in [4.78, 5) is 26.0. The predicted octanol–water partition coefficient (Wildman–Crippen LogP) is 1.88. The molecule has 1 aliphatic carbocycles. The second kappa shape index (κ2) is 6.47. The second-order valence-corrected chi connectivity index (χ2v) is 6.43. The molecule has 2 atom stereocenters. The zero-order chi connectivity index (χ0) is 13.8. The number of hydrogen-bond donors (Lipinski definition) is 1. The van der Waals surface area contributed by atoms with E-state index in [4.69, 9.17) is 5.11 Å². The van der Waals surface area contributed by atoms with Crippen LogP contribution in [0.2, 0.25) is 0 Å². The lowest BCUT2D eigenvalue weighted by Crippen LogP contribution is -2.22. The molecule has 5 nitrogen and oxygen atoms in total. The summed E-state index contributed by atoms with van der Waals surface area (Å²) in [6.45, 7) is 0. The molecular formula is C12H16N2O3S2. The van der Waals surface area contributed by atoms with Crippen molar-refractivity contribution < 1.29 is 9.90 Å². The van der Waals surface area contributed by atoms with Gasteiger partial charge in [-0.25, -0.2) is 0 Å². The molecule has 2 unspecified atom stereocenters. The first-order valence-corrected chi connectivity index (χ1v) is 8.35. The number of aromatic nitrogens is 2. The van der Waals surface area contributed by atoms with Crippen LogP contribution in [0.4, 0.5) is 0 Å². The van der Waals surface area contributed by atoms with Gasteiger partial charge in [0.2, 0.25) is 0 Å². The van der Waals surface area contributed by atoms with Crippen LogP contribution < -0.4 is 5.56 Å². The largest absolute Gasteiger partial charge is 0.481 e. The minimum atomic E-state index is -0.900. The van der Waals surface area contributed by atoms with Crippen molar-refractivity contribution in [1.29, 1.82) is 0 Å². The first-order chi connectivity index (χ1) is 9.11. The molecule has 0 amide bonds. The summed E-state index contributed by atoms with van der Waals surface area (Å²) < 4.78 is 1.98. The highest BCUT2D eigenvalue weighted by Crippen LogP contribution is 2.38. The monoisotopic (exact) mass is 300 g/mol. The van der Waals surface area contributed by atoms with E-state index in [1.165, 1.54) is 6.07 Å². The number of hydrogen-bond acceptors (Lipinski definition) is 5. The quantitative estimate of drug-likeness (QED) is 0.661. The molecule has 1 aromatic heterocycles. The summed E-state index contributed by atoms with van der Waals surface area (Å²) in [6.07, 6.45) is 7.20. The van der Waals surface area contributed by atoms with Crippen molar-refractivity contribution in [3.8, 4) is 0 Å². The predicted molar refractivity (Wildman–Crippen MR) is 77.0 cm³/mol. The zero-order valence-electron chi connectivity index (χ0n) is 10.6. The van der Waals surface area contributed by atoms with Crippen LogP contribution in [-0.4, -0.2) is 37.9 Å². The normalized spacial score (nSPS) is 22.6. The average molecular weight is 300 g/mol. The van der Waals surface area contributed by atoms with E-state index in [2.05, 4.69) is 11.2 Å². The number of aliphatic carboxylic acids is 1. The maximum absolute atomic E-state index is 11.4. The molecule has 1 heterocycles. The van der Waals surface area contributed by atoms with Crippen molar-refractivity contribution in [2.45, 2.75) is 35.7 Å². The molecule has 0 aliphatic heterocycles. The molecule has 1 N–H and O–H groups in total. The summed E-state index contributed by atoms with van der Waals surface area (Å²) in [7, 11) is 0. The highest BCUT2D eigenvalue weighted by atomic mass is 32.2. The molecule has 1 saturated carbocycles. The van der Waals surface area contributed by atoms with Crippen molar-refractivity contribution >= 4 is 29.5 Å². The standard InChI is InChI=1S/C12H16N2O3S2/c1-18-9-4-2-3-8(9)14-6-5-10(15)13-12(14)19-7-11(16)17/h5-6,8-9H,2-4,7H2,1H3,(H,16,17). The number of carboxylic acids is 1. The van der Waals surface area contributed by atoms with Crippen LogP contribution in [-0.2, 0) is 4.79 Å². The Labute approximate surface area is 119 Å². The van der Waals surface area contributed by atoms with Gasteiger partial charge in [0.15, 0.2) is 5.16 Å². The molecule has 19 heavy (non-hydrogen) atoms. The Morgan fingerprint density at radius 1 is 1.58 bits per heavy atom. The van der Waals surface area contributed by atoms with Gasteiger partial charge in [-0.2, -0.15) is 16.7 Å². The SMILES string of the molecule is CSC1CCCC1n1ccc(=O)nc1SCC(=O)O. The fourth-order valence-electron chi connectivity index (χ4n) is 2.38. The van der Waals surface area contributed by atoms with Gasteiger partial charge in [-0.05, 0) is 19.1 Å². The van der Waals surface area contributed by atoms with Gasteiger partial charge >= 0.3 is 5.97 Å². The molecule has 104 valence electrons. The molecule has 0 bridgehead atoms. The van der Waals surface area contributed by atoms with E-state index in [9.17, 15) is 9.59 Å². The van der Waals surface area contributed by atoms with Crippen molar-refractivity contribution in [3.05, 3.63) is 22.6 Å². The summed E-state index contributed by atoms with van der Waals surface area (Å²) in [6, 6.07) is 1.75. The lowest BCUT2D eigenvalue weighted by molar-refractivity contribution is -0.133. The van der Waals surface area contributed by atoms with E-state index in [0.29, 0.717) is 16.4 Å². The zero-order valence-corrected chi connectivity index (χ0v) is 12.2. The molecule has 7 heteroatoms. The van der Waals surface area contributed by atoms with Gasteiger partial charge in [-0.1, -0.05) is 18.2 Å². The van der Waals surface area contributed by atoms with Crippen LogP contribution in [0.1, 0.15) is 25.3 Å². The fourth-order valence-corrected chi connectivity index (χ4v) is 4.12. The highest BCUT2D eigenvalue weighted by molar-refractivity contribution is 7.99. The molecule has 1 aliphatic rings. The summed E-state index contributed by atoms with van der Waals surface area (Å²) in [5.74, 6) is -0.977. The third-order valence-corrected chi connectivity index (χ3v) is 5.31. The summed E-state index contributed by atoms with van der Waals surface area (Å²) >= 11 is 2.93. The third kappa shape index (κ3) is 3.54. The summed E-state index contributed by atoms with van der Waals surface area (Å²) in [5, 5.41) is 9.78. The second-order valence-electron chi connectivity index (χ2n) is 4.41. The molecule has 0 saturated heterocycles. The third-order valence-electron chi connectivity index (χ3n) is 3.21. The Morgan fingerprint density at radius 2 is 2.37 bits per heavy atom. The highest BCUT2D eigenvalue weighted by Gasteiger charge is 2.29. The Hall–Kier alpha value is -0.950. The average Bonchev–Trinajstić information content (AvgIpc) is 2.84. The fraction of sp³-hybridized carbons (Fsp3) is 0.583. The van der Waals surface area contributed by atoms with E-state index < -0.39 is 5.97 Å². The number of rotatable bonds is 5. The van der Waals surface area contributed by atoms with Gasteiger partial charge in [-0.15, -0.1) is 0 Å². The minimum Gasteiger partial charge on any atom is -0.481 e. The number of carbonyl (C=O) groups is 1. The molecular weight excluding hydrogens is 284 g/mol. The first-order valence-electron chi connectivity index (χ1n) is 6.08. The summed E-state index contributed by atoms with van der Waals surface area (Å²) in [5.41, 5.74) is -0.317. The molecule has 0 aromatic carbocycles. The van der Waals surface area contributed by atoms with E-state index >= 15 is 0 Å². The van der Waals surface area contributed by atoms with E-state index in [0.717, 1.165) is 31.0 Å². The van der Waals surface area contributed by atoms with Gasteiger partial charge in [0.1, 0.15) is 0 Å². The maximum Gasteiger partial charge on any atom is 0.313 e. The molecule has 0 spiro atoms. The molecule has 2 rings (SSSR count). The van der Waals surface area contributed by atoms with E-state index in [1.54, 1.807) is 6.20 Å². The van der Waals surface area contributed by atoms with Gasteiger partial charge in [0, 0.05) is 23.6 Å². The lowest BCUT2D eigenvalue weighted by atomic mass is 10.2. The van der Waals surface area contributed by atoms with Crippen molar-refractivity contribution in [2.75, 3.05) is 12.0 Å². The van der Waals surface area contributed by atoms with Gasteiger partial charge in [-0.3, -0.25) is 9.59 Å². The Kier molecular flexibility index (Phi) is 4.93. The van der Waals surface area contributed by atoms with Gasteiger partial charge in [0.05, 0.1) is 5.75 Å². The topological polar surface area (TPSA) is 72.2 Å². The van der Waals surface area contributed by atoms with Crippen LogP contribution in [0.3, 0.4) is 0 Å². The first kappa shape index (κ1) is 14.5. The number of nitrogens with zero attached hydrogens (tertiary/aromatic N) is 2. The molecule has 0 radical (unpaired) electrons. The van der Waals surface area contributed by atoms with Crippen LogP contribution in [0.15, 0.2) is 22.2 Å². The minimum absolute atomic E-state index is 0.0763. The van der Waals surface area contributed by atoms with Gasteiger partial charge < -0.3 is 9.67 Å². The Morgan fingerprint density at radius 3 is 3.05 bits per heavy atom. The van der Waals surface area contributed by atoms with E-state index in [-0.39, 0.29) is 11.3 Å². The van der Waals surface area contributed by atoms with E-state index in [1.807, 2.05) is 16.3 Å². The van der Waals surface area contributed by atoms with Crippen LogP contribution in [0.25, 0.3) is 0 Å². The molecule has 1 aromatic rings. The number of carboxylic acid groups (broad SMARTS) is 1. The lowest BCUT2D eigenvalue weighted by Gasteiger charge is -2.23. The van der Waals surface area contributed by atoms with Crippen molar-refractivity contribution in [1.82, 2.24) is 9.55 Å². The smallest absolute Gasteiger partial charge is 0.313 e. The van der Waals surface area contributed by atoms with Crippen LogP contribution in [0.5, 0.6) is 0 Å². The van der Waals surface area contributed by atoms with Gasteiger partial charge in [0.25, 0.3) is 5.56 Å². The van der Waals surface area contributed by atoms with Crippen molar-refractivity contribution in [2.24, 2.45) is 0 Å². The number of thioether (sulfide) groups is 2. The maximum atomic E-state index is 11.4. The van der Waals surface area contributed by atoms with Crippen LogP contribution in [0, 0.1) is 0 Å². The van der Waals surface area contributed by atoms with Crippen LogP contribution >= 0.6 is 23.5 Å². The van der Waals surface area contributed by atoms with Crippen molar-refractivity contribution in [3.63, 3.8) is 0 Å².